The summed E-state index contributed by atoms with van der Waals surface area (Å²) in [5.41, 5.74) is 1.06. The fourth-order valence-electron chi connectivity index (χ4n) is 2.44. The van der Waals surface area contributed by atoms with E-state index in [1.54, 1.807) is 6.92 Å². The van der Waals surface area contributed by atoms with Crippen molar-refractivity contribution in [3.63, 3.8) is 0 Å². The molecule has 0 aliphatic heterocycles. The van der Waals surface area contributed by atoms with Gasteiger partial charge in [0.1, 0.15) is 5.78 Å². The molecule has 0 bridgehead atoms. The Morgan fingerprint density at radius 2 is 1.83 bits per heavy atom. The summed E-state index contributed by atoms with van der Waals surface area (Å²) in [6.07, 6.45) is 2.91. The van der Waals surface area contributed by atoms with Gasteiger partial charge in [-0.1, -0.05) is 26.0 Å². The molecule has 0 saturated heterocycles. The standard InChI is InChI=1S/C15H24O3/c1-10(2)9-18-15(17)8-14-6-5-13(12(14)4)7-11(3)16/h10,13-14H,4-9H2,1-3H3/t13?,14-/m0/s1. The molecule has 1 aliphatic rings. The van der Waals surface area contributed by atoms with Crippen LogP contribution in [0.2, 0.25) is 0 Å². The molecule has 0 radical (unpaired) electrons. The van der Waals surface area contributed by atoms with Gasteiger partial charge in [0.15, 0.2) is 0 Å². The van der Waals surface area contributed by atoms with Crippen LogP contribution in [-0.2, 0) is 14.3 Å². The molecule has 0 aromatic rings. The van der Waals surface area contributed by atoms with Crippen LogP contribution in [0.25, 0.3) is 0 Å². The molecule has 0 N–H and O–H groups in total. The van der Waals surface area contributed by atoms with E-state index in [9.17, 15) is 9.59 Å². The van der Waals surface area contributed by atoms with E-state index in [1.807, 2.05) is 13.8 Å². The number of Topliss-reactive ketones (excluding diaryl/α,β-unsaturated/α-hetero) is 1. The van der Waals surface area contributed by atoms with Crippen LogP contribution in [0.15, 0.2) is 12.2 Å². The van der Waals surface area contributed by atoms with Crippen LogP contribution in [0.3, 0.4) is 0 Å². The number of carbonyl (C=O) groups is 2. The van der Waals surface area contributed by atoms with Crippen LogP contribution in [0.5, 0.6) is 0 Å². The van der Waals surface area contributed by atoms with Gasteiger partial charge in [0, 0.05) is 6.42 Å². The van der Waals surface area contributed by atoms with Crippen molar-refractivity contribution >= 4 is 11.8 Å². The van der Waals surface area contributed by atoms with E-state index in [0.29, 0.717) is 25.4 Å². The number of hydrogen-bond acceptors (Lipinski definition) is 3. The number of allylic oxidation sites excluding steroid dienone is 1. The second-order valence-electron chi connectivity index (χ2n) is 5.73. The van der Waals surface area contributed by atoms with Crippen LogP contribution < -0.4 is 0 Å². The van der Waals surface area contributed by atoms with Gasteiger partial charge >= 0.3 is 5.97 Å². The van der Waals surface area contributed by atoms with Gasteiger partial charge in [-0.05, 0) is 37.5 Å². The molecule has 1 rings (SSSR count). The molecule has 1 unspecified atom stereocenters. The predicted molar refractivity (Wildman–Crippen MR) is 71.1 cm³/mol. The third-order valence-corrected chi connectivity index (χ3v) is 3.44. The van der Waals surface area contributed by atoms with Crippen LogP contribution in [-0.4, -0.2) is 18.4 Å². The molecular formula is C15H24O3. The largest absolute Gasteiger partial charge is 0.465 e. The molecule has 18 heavy (non-hydrogen) atoms. The minimum Gasteiger partial charge on any atom is -0.465 e. The first-order chi connectivity index (χ1) is 8.40. The Bertz CT molecular complexity index is 331. The Kier molecular flexibility index (Phi) is 5.57. The average molecular weight is 252 g/mol. The van der Waals surface area contributed by atoms with Crippen molar-refractivity contribution in [3.05, 3.63) is 12.2 Å². The number of rotatable bonds is 6. The molecule has 0 aromatic heterocycles. The molecule has 3 nitrogen and oxygen atoms in total. The van der Waals surface area contributed by atoms with Crippen LogP contribution in [0, 0.1) is 17.8 Å². The van der Waals surface area contributed by atoms with Crippen molar-refractivity contribution in [3.8, 4) is 0 Å². The maximum Gasteiger partial charge on any atom is 0.306 e. The Labute approximate surface area is 110 Å². The summed E-state index contributed by atoms with van der Waals surface area (Å²) >= 11 is 0. The Balaban J connectivity index is 2.38. The lowest BCUT2D eigenvalue weighted by molar-refractivity contribution is -0.145. The molecule has 0 amide bonds. The summed E-state index contributed by atoms with van der Waals surface area (Å²) in [7, 11) is 0. The molecule has 0 heterocycles. The van der Waals surface area contributed by atoms with Gasteiger partial charge in [-0.15, -0.1) is 0 Å². The summed E-state index contributed by atoms with van der Waals surface area (Å²) in [5.74, 6) is 0.896. The lowest BCUT2D eigenvalue weighted by Crippen LogP contribution is -2.14. The maximum absolute atomic E-state index is 11.6. The number of esters is 1. The van der Waals surface area contributed by atoms with Gasteiger partial charge in [-0.25, -0.2) is 0 Å². The van der Waals surface area contributed by atoms with E-state index in [2.05, 4.69) is 6.58 Å². The summed E-state index contributed by atoms with van der Waals surface area (Å²) in [6.45, 7) is 10.2. The second-order valence-corrected chi connectivity index (χ2v) is 5.73. The van der Waals surface area contributed by atoms with Crippen molar-refractivity contribution in [1.82, 2.24) is 0 Å². The topological polar surface area (TPSA) is 43.4 Å². The second kappa shape index (κ2) is 6.72. The first kappa shape index (κ1) is 14.9. The zero-order valence-corrected chi connectivity index (χ0v) is 11.7. The fraction of sp³-hybridized carbons (Fsp3) is 0.733. The van der Waals surface area contributed by atoms with Crippen molar-refractivity contribution < 1.29 is 14.3 Å². The number of carbonyl (C=O) groups excluding carboxylic acids is 2. The molecule has 2 atom stereocenters. The minimum absolute atomic E-state index is 0.140. The highest BCUT2D eigenvalue weighted by Gasteiger charge is 2.31. The summed E-state index contributed by atoms with van der Waals surface area (Å²) in [5, 5.41) is 0. The Morgan fingerprint density at radius 3 is 2.33 bits per heavy atom. The van der Waals surface area contributed by atoms with E-state index >= 15 is 0 Å². The highest BCUT2D eigenvalue weighted by molar-refractivity contribution is 5.76. The van der Waals surface area contributed by atoms with Gasteiger partial charge < -0.3 is 9.53 Å². The van der Waals surface area contributed by atoms with Crippen molar-refractivity contribution in [1.29, 1.82) is 0 Å². The average Bonchev–Trinajstić information content (AvgIpc) is 2.58. The van der Waals surface area contributed by atoms with Crippen molar-refractivity contribution in [2.24, 2.45) is 17.8 Å². The first-order valence-corrected chi connectivity index (χ1v) is 6.74. The van der Waals surface area contributed by atoms with E-state index in [-0.39, 0.29) is 23.6 Å². The molecule has 1 fully saturated rings. The molecule has 0 aromatic carbocycles. The zero-order chi connectivity index (χ0) is 13.7. The normalized spacial score (nSPS) is 23.4. The van der Waals surface area contributed by atoms with Gasteiger partial charge in [0.2, 0.25) is 0 Å². The van der Waals surface area contributed by atoms with Crippen LogP contribution >= 0.6 is 0 Å². The zero-order valence-electron chi connectivity index (χ0n) is 11.7. The molecule has 3 heteroatoms. The third-order valence-electron chi connectivity index (χ3n) is 3.44. The number of hydrogen-bond donors (Lipinski definition) is 0. The first-order valence-electron chi connectivity index (χ1n) is 6.74. The van der Waals surface area contributed by atoms with E-state index in [0.717, 1.165) is 18.4 Å². The minimum atomic E-state index is -0.140. The third kappa shape index (κ3) is 4.63. The number of ether oxygens (including phenoxy) is 1. The summed E-state index contributed by atoms with van der Waals surface area (Å²) in [6, 6.07) is 0. The predicted octanol–water partition coefficient (Wildman–Crippen LogP) is 3.14. The SMILES string of the molecule is C=C1C(CC(C)=O)CC[C@H]1CC(=O)OCC(C)C. The van der Waals surface area contributed by atoms with Crippen molar-refractivity contribution in [2.75, 3.05) is 6.61 Å². The lowest BCUT2D eigenvalue weighted by atomic mass is 9.93. The Morgan fingerprint density at radius 1 is 1.28 bits per heavy atom. The van der Waals surface area contributed by atoms with Gasteiger partial charge in [0.25, 0.3) is 0 Å². The molecule has 1 saturated carbocycles. The van der Waals surface area contributed by atoms with Crippen LogP contribution in [0.1, 0.15) is 46.5 Å². The number of ketones is 1. The monoisotopic (exact) mass is 252 g/mol. The lowest BCUT2D eigenvalue weighted by Gasteiger charge is -2.14. The highest BCUT2D eigenvalue weighted by atomic mass is 16.5. The smallest absolute Gasteiger partial charge is 0.306 e. The molecular weight excluding hydrogens is 228 g/mol. The summed E-state index contributed by atoms with van der Waals surface area (Å²) in [4.78, 5) is 22.8. The fourth-order valence-corrected chi connectivity index (χ4v) is 2.44. The van der Waals surface area contributed by atoms with Gasteiger partial charge in [0.05, 0.1) is 13.0 Å². The molecule has 0 spiro atoms. The maximum atomic E-state index is 11.6. The molecule has 1 aliphatic carbocycles. The van der Waals surface area contributed by atoms with Crippen molar-refractivity contribution in [2.45, 2.75) is 46.5 Å². The summed E-state index contributed by atoms with van der Waals surface area (Å²) < 4.78 is 5.18. The molecule has 102 valence electrons. The Hall–Kier alpha value is -1.12. The van der Waals surface area contributed by atoms with Gasteiger partial charge in [-0.2, -0.15) is 0 Å². The van der Waals surface area contributed by atoms with E-state index in [1.165, 1.54) is 0 Å². The van der Waals surface area contributed by atoms with Crippen LogP contribution in [0.4, 0.5) is 0 Å². The van der Waals surface area contributed by atoms with Gasteiger partial charge in [-0.3, -0.25) is 4.79 Å². The highest BCUT2D eigenvalue weighted by Crippen LogP contribution is 2.39. The van der Waals surface area contributed by atoms with E-state index < -0.39 is 0 Å². The quantitative estimate of drug-likeness (QED) is 0.539. The van der Waals surface area contributed by atoms with E-state index in [4.69, 9.17) is 4.74 Å².